The molecular formula is C22H18BrFN2O2S. The molecule has 1 heterocycles. The number of hydrogen-bond acceptors (Lipinski definition) is 3. The first-order valence-corrected chi connectivity index (χ1v) is 10.2. The van der Waals surface area contributed by atoms with Gasteiger partial charge in [0.2, 0.25) is 6.79 Å². The Kier molecular flexibility index (Phi) is 5.97. The van der Waals surface area contributed by atoms with Crippen LogP contribution < -0.4 is 14.8 Å². The summed E-state index contributed by atoms with van der Waals surface area (Å²) in [5.41, 5.74) is 2.90. The summed E-state index contributed by atoms with van der Waals surface area (Å²) in [6, 6.07) is 20.1. The van der Waals surface area contributed by atoms with E-state index in [2.05, 4.69) is 21.2 Å². The number of nitrogens with one attached hydrogen (secondary N) is 1. The van der Waals surface area contributed by atoms with Crippen LogP contribution in [0.25, 0.3) is 0 Å². The van der Waals surface area contributed by atoms with Crippen molar-refractivity contribution in [2.75, 3.05) is 12.1 Å². The lowest BCUT2D eigenvalue weighted by Gasteiger charge is -2.26. The minimum atomic E-state index is -0.258. The predicted octanol–water partition coefficient (Wildman–Crippen LogP) is 5.72. The van der Waals surface area contributed by atoms with Crippen molar-refractivity contribution >= 4 is 38.9 Å². The van der Waals surface area contributed by atoms with Crippen LogP contribution in [0.2, 0.25) is 0 Å². The van der Waals surface area contributed by atoms with E-state index in [1.807, 2.05) is 47.4 Å². The quantitative estimate of drug-likeness (QED) is 0.480. The van der Waals surface area contributed by atoms with Crippen LogP contribution in [-0.4, -0.2) is 16.8 Å². The van der Waals surface area contributed by atoms with Crippen LogP contribution in [-0.2, 0) is 13.1 Å². The van der Waals surface area contributed by atoms with Crippen LogP contribution in [0.3, 0.4) is 0 Å². The summed E-state index contributed by atoms with van der Waals surface area (Å²) in [4.78, 5) is 2.03. The molecule has 0 saturated heterocycles. The van der Waals surface area contributed by atoms with Crippen molar-refractivity contribution in [2.24, 2.45) is 0 Å². The Bertz CT molecular complexity index is 1010. The third kappa shape index (κ3) is 5.05. The number of anilines is 1. The van der Waals surface area contributed by atoms with E-state index in [1.54, 1.807) is 12.1 Å². The molecule has 1 aliphatic rings. The predicted molar refractivity (Wildman–Crippen MR) is 119 cm³/mol. The molecule has 4 nitrogen and oxygen atoms in total. The zero-order valence-corrected chi connectivity index (χ0v) is 17.8. The lowest BCUT2D eigenvalue weighted by Crippen LogP contribution is -2.33. The number of fused-ring (bicyclic) bond motifs is 1. The van der Waals surface area contributed by atoms with E-state index in [0.717, 1.165) is 32.8 Å². The number of rotatable bonds is 5. The Hall–Kier alpha value is -2.64. The van der Waals surface area contributed by atoms with Crippen LogP contribution in [0, 0.1) is 5.82 Å². The molecule has 0 atom stereocenters. The molecule has 0 unspecified atom stereocenters. The molecule has 7 heteroatoms. The van der Waals surface area contributed by atoms with Crippen molar-refractivity contribution < 1.29 is 13.9 Å². The Morgan fingerprint density at radius 3 is 2.34 bits per heavy atom. The van der Waals surface area contributed by atoms with E-state index in [4.69, 9.17) is 21.7 Å². The SMILES string of the molecule is Fc1ccc(CN(Cc2ccc3c(c2)OCO3)C(=S)Nc2ccc(Br)cc2)cc1. The van der Waals surface area contributed by atoms with Gasteiger partial charge in [0.15, 0.2) is 16.6 Å². The van der Waals surface area contributed by atoms with Crippen molar-refractivity contribution in [3.8, 4) is 11.5 Å². The highest BCUT2D eigenvalue weighted by atomic mass is 79.9. The average molecular weight is 473 g/mol. The fourth-order valence-corrected chi connectivity index (χ4v) is 3.52. The van der Waals surface area contributed by atoms with Gasteiger partial charge in [0.1, 0.15) is 5.82 Å². The second-order valence-electron chi connectivity index (χ2n) is 6.61. The van der Waals surface area contributed by atoms with Gasteiger partial charge in [-0.3, -0.25) is 0 Å². The molecule has 0 bridgehead atoms. The molecule has 1 aliphatic heterocycles. The first-order valence-electron chi connectivity index (χ1n) is 9.01. The highest BCUT2D eigenvalue weighted by Gasteiger charge is 2.16. The summed E-state index contributed by atoms with van der Waals surface area (Å²) in [6.45, 7) is 1.34. The number of hydrogen-bond donors (Lipinski definition) is 1. The fraction of sp³-hybridized carbons (Fsp3) is 0.136. The van der Waals surface area contributed by atoms with Gasteiger partial charge in [0.25, 0.3) is 0 Å². The molecule has 3 aromatic carbocycles. The monoisotopic (exact) mass is 472 g/mol. The molecule has 0 aromatic heterocycles. The van der Waals surface area contributed by atoms with Gasteiger partial charge in [-0.1, -0.05) is 34.1 Å². The van der Waals surface area contributed by atoms with E-state index < -0.39 is 0 Å². The summed E-state index contributed by atoms with van der Waals surface area (Å²) in [5, 5.41) is 3.86. The normalized spacial score (nSPS) is 11.9. The third-order valence-electron chi connectivity index (χ3n) is 4.48. The van der Waals surface area contributed by atoms with Gasteiger partial charge in [0.05, 0.1) is 0 Å². The molecular weight excluding hydrogens is 455 g/mol. The van der Waals surface area contributed by atoms with Crippen LogP contribution in [0.15, 0.2) is 71.2 Å². The zero-order valence-electron chi connectivity index (χ0n) is 15.4. The van der Waals surface area contributed by atoms with E-state index in [1.165, 1.54) is 12.1 Å². The summed E-state index contributed by atoms with van der Waals surface area (Å²) < 4.78 is 25.2. The van der Waals surface area contributed by atoms with Crippen molar-refractivity contribution in [1.82, 2.24) is 4.90 Å². The zero-order chi connectivity index (χ0) is 20.2. The maximum absolute atomic E-state index is 13.3. The molecule has 0 radical (unpaired) electrons. The van der Waals surface area contributed by atoms with Crippen LogP contribution in [0.4, 0.5) is 10.1 Å². The van der Waals surface area contributed by atoms with Crippen molar-refractivity contribution in [3.63, 3.8) is 0 Å². The first-order chi connectivity index (χ1) is 14.1. The van der Waals surface area contributed by atoms with Gasteiger partial charge >= 0.3 is 0 Å². The van der Waals surface area contributed by atoms with Crippen molar-refractivity contribution in [1.29, 1.82) is 0 Å². The molecule has 29 heavy (non-hydrogen) atoms. The maximum atomic E-state index is 13.3. The van der Waals surface area contributed by atoms with Gasteiger partial charge in [0, 0.05) is 23.2 Å². The number of ether oxygens (including phenoxy) is 2. The highest BCUT2D eigenvalue weighted by molar-refractivity contribution is 9.10. The van der Waals surface area contributed by atoms with Crippen LogP contribution >= 0.6 is 28.1 Å². The average Bonchev–Trinajstić information content (AvgIpc) is 3.19. The van der Waals surface area contributed by atoms with Crippen molar-refractivity contribution in [2.45, 2.75) is 13.1 Å². The molecule has 0 amide bonds. The van der Waals surface area contributed by atoms with Crippen molar-refractivity contribution in [3.05, 3.63) is 88.1 Å². The number of nitrogens with zero attached hydrogens (tertiary/aromatic N) is 1. The second kappa shape index (κ2) is 8.80. The standard InChI is InChI=1S/C22H18BrFN2O2S/c23-17-4-8-19(9-5-17)25-22(29)26(12-15-1-6-18(24)7-2-15)13-16-3-10-20-21(11-16)28-14-27-20/h1-11H,12-14H2,(H,25,29). The molecule has 4 rings (SSSR count). The van der Waals surface area contributed by atoms with E-state index in [9.17, 15) is 4.39 Å². The number of thiocarbonyl (C=S) groups is 1. The summed E-state index contributed by atoms with van der Waals surface area (Å²) in [5.74, 6) is 1.22. The molecule has 1 N–H and O–H groups in total. The third-order valence-corrected chi connectivity index (χ3v) is 5.37. The molecule has 0 fully saturated rings. The second-order valence-corrected chi connectivity index (χ2v) is 7.91. The molecule has 0 saturated carbocycles. The van der Waals surface area contributed by atoms with Gasteiger partial charge in [-0.05, 0) is 71.9 Å². The minimum Gasteiger partial charge on any atom is -0.454 e. The maximum Gasteiger partial charge on any atom is 0.231 e. The largest absolute Gasteiger partial charge is 0.454 e. The first kappa shape index (κ1) is 19.7. The Morgan fingerprint density at radius 2 is 1.59 bits per heavy atom. The Morgan fingerprint density at radius 1 is 0.931 bits per heavy atom. The molecule has 3 aromatic rings. The van der Waals surface area contributed by atoms with E-state index in [0.29, 0.717) is 18.2 Å². The smallest absolute Gasteiger partial charge is 0.231 e. The molecule has 0 aliphatic carbocycles. The minimum absolute atomic E-state index is 0.238. The summed E-state index contributed by atoms with van der Waals surface area (Å²) in [6.07, 6.45) is 0. The lowest BCUT2D eigenvalue weighted by atomic mass is 10.1. The fourth-order valence-electron chi connectivity index (χ4n) is 3.01. The highest BCUT2D eigenvalue weighted by Crippen LogP contribution is 2.33. The van der Waals surface area contributed by atoms with E-state index >= 15 is 0 Å². The van der Waals surface area contributed by atoms with Gasteiger partial charge in [-0.15, -0.1) is 0 Å². The van der Waals surface area contributed by atoms with Crippen LogP contribution in [0.5, 0.6) is 11.5 Å². The summed E-state index contributed by atoms with van der Waals surface area (Å²) in [7, 11) is 0. The number of halogens is 2. The van der Waals surface area contributed by atoms with Crippen LogP contribution in [0.1, 0.15) is 11.1 Å². The van der Waals surface area contributed by atoms with Gasteiger partial charge in [-0.25, -0.2) is 4.39 Å². The van der Waals surface area contributed by atoms with Gasteiger partial charge in [-0.2, -0.15) is 0 Å². The topological polar surface area (TPSA) is 33.7 Å². The Labute approximate surface area is 182 Å². The lowest BCUT2D eigenvalue weighted by molar-refractivity contribution is 0.174. The Balaban J connectivity index is 1.54. The van der Waals surface area contributed by atoms with Gasteiger partial charge < -0.3 is 19.7 Å². The molecule has 148 valence electrons. The summed E-state index contributed by atoms with van der Waals surface area (Å²) >= 11 is 9.12. The van der Waals surface area contributed by atoms with E-state index in [-0.39, 0.29) is 12.6 Å². The number of benzene rings is 3. The molecule has 0 spiro atoms.